The van der Waals surface area contributed by atoms with E-state index in [-0.39, 0.29) is 0 Å². The Balaban J connectivity index is 1.70. The van der Waals surface area contributed by atoms with Gasteiger partial charge in [0.25, 0.3) is 0 Å². The first-order valence-electron chi connectivity index (χ1n) is 9.17. The summed E-state index contributed by atoms with van der Waals surface area (Å²) in [5, 5.41) is 3.83. The van der Waals surface area contributed by atoms with Crippen molar-refractivity contribution in [3.05, 3.63) is 0 Å². The van der Waals surface area contributed by atoms with Crippen LogP contribution in [-0.2, 0) is 4.74 Å². The Morgan fingerprint density at radius 2 is 1.95 bits per heavy atom. The number of rotatable bonds is 8. The molecule has 3 heteroatoms. The van der Waals surface area contributed by atoms with Gasteiger partial charge >= 0.3 is 0 Å². The van der Waals surface area contributed by atoms with Crippen molar-refractivity contribution in [2.75, 3.05) is 32.8 Å². The SMILES string of the molecule is CCOC1CC(NCC(C)CN2CCCCC2)C1(C)CC. The smallest absolute Gasteiger partial charge is 0.0658 e. The first-order valence-corrected chi connectivity index (χ1v) is 9.17. The van der Waals surface area contributed by atoms with E-state index in [0.29, 0.717) is 17.6 Å². The molecule has 1 aliphatic carbocycles. The lowest BCUT2D eigenvalue weighted by molar-refractivity contribution is -0.126. The summed E-state index contributed by atoms with van der Waals surface area (Å²) < 4.78 is 5.89. The lowest BCUT2D eigenvalue weighted by Crippen LogP contribution is -2.62. The molecule has 1 saturated heterocycles. The van der Waals surface area contributed by atoms with Crippen molar-refractivity contribution in [1.82, 2.24) is 10.2 Å². The third-order valence-electron chi connectivity index (χ3n) is 5.84. The number of nitrogens with zero attached hydrogens (tertiary/aromatic N) is 1. The molecule has 4 atom stereocenters. The Morgan fingerprint density at radius 1 is 1.24 bits per heavy atom. The van der Waals surface area contributed by atoms with Crippen molar-refractivity contribution < 1.29 is 4.74 Å². The highest BCUT2D eigenvalue weighted by Crippen LogP contribution is 2.45. The number of ether oxygens (including phenoxy) is 1. The Kier molecular flexibility index (Phi) is 6.51. The van der Waals surface area contributed by atoms with Crippen molar-refractivity contribution in [2.45, 2.75) is 71.9 Å². The predicted octanol–water partition coefficient (Wildman–Crippen LogP) is 3.29. The van der Waals surface area contributed by atoms with Gasteiger partial charge in [-0.05, 0) is 58.2 Å². The molecule has 2 rings (SSSR count). The molecule has 0 aromatic rings. The maximum atomic E-state index is 5.89. The first kappa shape index (κ1) is 17.2. The molecule has 4 unspecified atom stereocenters. The molecule has 0 aromatic heterocycles. The number of hydrogen-bond acceptors (Lipinski definition) is 3. The molecule has 1 saturated carbocycles. The summed E-state index contributed by atoms with van der Waals surface area (Å²) in [6.07, 6.45) is 7.07. The standard InChI is InChI=1S/C18H36N2O/c1-5-18(4)16(12-17(18)21-6-2)19-13-15(3)14-20-10-8-7-9-11-20/h15-17,19H,5-14H2,1-4H3. The van der Waals surface area contributed by atoms with Gasteiger partial charge in [-0.1, -0.05) is 27.2 Å². The fourth-order valence-corrected chi connectivity index (χ4v) is 4.06. The summed E-state index contributed by atoms with van der Waals surface area (Å²) in [4.78, 5) is 2.65. The quantitative estimate of drug-likeness (QED) is 0.744. The number of piperidine rings is 1. The van der Waals surface area contributed by atoms with Crippen LogP contribution in [0, 0.1) is 11.3 Å². The zero-order valence-electron chi connectivity index (χ0n) is 14.7. The second-order valence-electron chi connectivity index (χ2n) is 7.47. The van der Waals surface area contributed by atoms with E-state index in [0.717, 1.165) is 19.1 Å². The van der Waals surface area contributed by atoms with Crippen molar-refractivity contribution in [1.29, 1.82) is 0 Å². The second-order valence-corrected chi connectivity index (χ2v) is 7.47. The second kappa shape index (κ2) is 7.94. The van der Waals surface area contributed by atoms with Crippen LogP contribution in [0.3, 0.4) is 0 Å². The van der Waals surface area contributed by atoms with Crippen LogP contribution in [0.1, 0.15) is 59.8 Å². The predicted molar refractivity (Wildman–Crippen MR) is 89.7 cm³/mol. The summed E-state index contributed by atoms with van der Waals surface area (Å²) in [7, 11) is 0. The molecule has 1 heterocycles. The maximum absolute atomic E-state index is 5.89. The minimum atomic E-state index is 0.334. The molecule has 1 aliphatic heterocycles. The maximum Gasteiger partial charge on any atom is 0.0658 e. The topological polar surface area (TPSA) is 24.5 Å². The Bertz CT molecular complexity index is 304. The average molecular weight is 296 g/mol. The lowest BCUT2D eigenvalue weighted by atomic mass is 9.61. The molecular weight excluding hydrogens is 260 g/mol. The molecule has 0 radical (unpaired) electrons. The van der Waals surface area contributed by atoms with Gasteiger partial charge in [0.05, 0.1) is 6.10 Å². The van der Waals surface area contributed by atoms with E-state index in [9.17, 15) is 0 Å². The van der Waals surface area contributed by atoms with Crippen LogP contribution in [0.5, 0.6) is 0 Å². The van der Waals surface area contributed by atoms with Crippen molar-refractivity contribution in [3.8, 4) is 0 Å². The fraction of sp³-hybridized carbons (Fsp3) is 1.00. The van der Waals surface area contributed by atoms with Crippen molar-refractivity contribution in [3.63, 3.8) is 0 Å². The van der Waals surface area contributed by atoms with Gasteiger partial charge in [-0.3, -0.25) is 0 Å². The van der Waals surface area contributed by atoms with Gasteiger partial charge in [0.1, 0.15) is 0 Å². The molecular formula is C18H36N2O. The highest BCUT2D eigenvalue weighted by atomic mass is 16.5. The van der Waals surface area contributed by atoms with E-state index in [1.54, 1.807) is 0 Å². The van der Waals surface area contributed by atoms with Gasteiger partial charge in [0.15, 0.2) is 0 Å². The number of nitrogens with one attached hydrogen (secondary N) is 1. The van der Waals surface area contributed by atoms with E-state index in [1.165, 1.54) is 51.7 Å². The van der Waals surface area contributed by atoms with Gasteiger partial charge in [-0.15, -0.1) is 0 Å². The van der Waals surface area contributed by atoms with Crippen molar-refractivity contribution in [2.24, 2.45) is 11.3 Å². The number of hydrogen-bond donors (Lipinski definition) is 1. The molecule has 21 heavy (non-hydrogen) atoms. The summed E-state index contributed by atoms with van der Waals surface area (Å²) in [5.41, 5.74) is 0.334. The van der Waals surface area contributed by atoms with Crippen LogP contribution >= 0.6 is 0 Å². The van der Waals surface area contributed by atoms with E-state index in [2.05, 4.69) is 37.9 Å². The summed E-state index contributed by atoms with van der Waals surface area (Å²) in [5.74, 6) is 0.746. The zero-order chi connectivity index (χ0) is 15.3. The van der Waals surface area contributed by atoms with Crippen molar-refractivity contribution >= 4 is 0 Å². The minimum absolute atomic E-state index is 0.334. The van der Waals surface area contributed by atoms with Gasteiger partial charge in [-0.25, -0.2) is 0 Å². The molecule has 0 bridgehead atoms. The van der Waals surface area contributed by atoms with Gasteiger partial charge < -0.3 is 15.0 Å². The summed E-state index contributed by atoms with van der Waals surface area (Å²) >= 11 is 0. The molecule has 0 aromatic carbocycles. The van der Waals surface area contributed by atoms with Gasteiger partial charge in [0.2, 0.25) is 0 Å². The Labute approximate surface area is 131 Å². The first-order chi connectivity index (χ1) is 10.1. The van der Waals surface area contributed by atoms with Crippen LogP contribution in [-0.4, -0.2) is 49.8 Å². The van der Waals surface area contributed by atoms with Crippen LogP contribution < -0.4 is 5.32 Å². The summed E-state index contributed by atoms with van der Waals surface area (Å²) in [6.45, 7) is 15.1. The number of likely N-dealkylation sites (tertiary alicyclic amines) is 1. The van der Waals surface area contributed by atoms with Crippen LogP contribution in [0.4, 0.5) is 0 Å². The molecule has 2 fully saturated rings. The minimum Gasteiger partial charge on any atom is -0.378 e. The van der Waals surface area contributed by atoms with Gasteiger partial charge in [-0.2, -0.15) is 0 Å². The fourth-order valence-electron chi connectivity index (χ4n) is 4.06. The van der Waals surface area contributed by atoms with E-state index in [1.807, 2.05) is 0 Å². The lowest BCUT2D eigenvalue weighted by Gasteiger charge is -2.54. The van der Waals surface area contributed by atoms with E-state index < -0.39 is 0 Å². The van der Waals surface area contributed by atoms with E-state index >= 15 is 0 Å². The molecule has 0 spiro atoms. The van der Waals surface area contributed by atoms with Crippen LogP contribution in [0.25, 0.3) is 0 Å². The largest absolute Gasteiger partial charge is 0.378 e. The Hall–Kier alpha value is -0.120. The molecule has 124 valence electrons. The third kappa shape index (κ3) is 4.20. The van der Waals surface area contributed by atoms with E-state index in [4.69, 9.17) is 4.74 Å². The monoisotopic (exact) mass is 296 g/mol. The van der Waals surface area contributed by atoms with Crippen LogP contribution in [0.2, 0.25) is 0 Å². The highest BCUT2D eigenvalue weighted by Gasteiger charge is 2.50. The normalized spacial score (nSPS) is 35.4. The van der Waals surface area contributed by atoms with Gasteiger partial charge in [0, 0.05) is 24.6 Å². The third-order valence-corrected chi connectivity index (χ3v) is 5.84. The molecule has 1 N–H and O–H groups in total. The highest BCUT2D eigenvalue weighted by molar-refractivity contribution is 5.04. The Morgan fingerprint density at radius 3 is 2.57 bits per heavy atom. The summed E-state index contributed by atoms with van der Waals surface area (Å²) in [6, 6.07) is 0.642. The van der Waals surface area contributed by atoms with Crippen LogP contribution in [0.15, 0.2) is 0 Å². The zero-order valence-corrected chi connectivity index (χ0v) is 14.7. The molecule has 2 aliphatic rings. The average Bonchev–Trinajstić information content (AvgIpc) is 2.50. The molecule has 0 amide bonds. The molecule has 3 nitrogen and oxygen atoms in total.